The Morgan fingerprint density at radius 3 is 3.00 bits per heavy atom. The molecular weight excluding hydrogens is 251 g/mol. The summed E-state index contributed by atoms with van der Waals surface area (Å²) in [4.78, 5) is 10.3. The van der Waals surface area contributed by atoms with E-state index in [9.17, 15) is 14.5 Å². The van der Waals surface area contributed by atoms with Crippen molar-refractivity contribution < 1.29 is 9.31 Å². The van der Waals surface area contributed by atoms with Crippen LogP contribution < -0.4 is 5.32 Å². The molecule has 7 heteroatoms. The van der Waals surface area contributed by atoms with Gasteiger partial charge in [-0.25, -0.2) is 4.39 Å². The van der Waals surface area contributed by atoms with Crippen LogP contribution in [0.25, 0.3) is 0 Å². The lowest BCUT2D eigenvalue weighted by atomic mass is 10.1. The average Bonchev–Trinajstić information content (AvgIpc) is 2.87. The first-order valence-electron chi connectivity index (χ1n) is 5.78. The van der Waals surface area contributed by atoms with Crippen LogP contribution in [0.3, 0.4) is 0 Å². The molecule has 0 aliphatic heterocycles. The third kappa shape index (κ3) is 3.59. The van der Waals surface area contributed by atoms with Crippen molar-refractivity contribution in [1.82, 2.24) is 15.1 Å². The molecule has 1 aromatic carbocycles. The zero-order valence-corrected chi connectivity index (χ0v) is 10.1. The van der Waals surface area contributed by atoms with Crippen molar-refractivity contribution in [1.29, 1.82) is 0 Å². The normalized spacial score (nSPS) is 10.6. The number of nitro benzene ring substituents is 1. The predicted octanol–water partition coefficient (Wildman–Crippen LogP) is 1.72. The van der Waals surface area contributed by atoms with Crippen molar-refractivity contribution in [3.8, 4) is 0 Å². The highest BCUT2D eigenvalue weighted by Gasteiger charge is 2.13. The fraction of sp³-hybridized carbons (Fsp3) is 0.250. The number of halogens is 1. The van der Waals surface area contributed by atoms with Gasteiger partial charge in [0.05, 0.1) is 11.5 Å². The van der Waals surface area contributed by atoms with E-state index in [0.717, 1.165) is 6.07 Å². The Balaban J connectivity index is 1.91. The smallest absolute Gasteiger partial charge is 0.274 e. The maximum absolute atomic E-state index is 13.1. The number of nitro groups is 1. The van der Waals surface area contributed by atoms with Crippen LogP contribution in [-0.2, 0) is 13.1 Å². The van der Waals surface area contributed by atoms with Crippen LogP contribution in [0.1, 0.15) is 5.56 Å². The molecular formula is C12H13FN4O2. The van der Waals surface area contributed by atoms with Gasteiger partial charge in [0.2, 0.25) is 0 Å². The van der Waals surface area contributed by atoms with Crippen molar-refractivity contribution in [2.45, 2.75) is 13.1 Å². The van der Waals surface area contributed by atoms with Crippen LogP contribution in [0, 0.1) is 15.9 Å². The Morgan fingerprint density at radius 1 is 1.47 bits per heavy atom. The molecule has 1 N–H and O–H groups in total. The van der Waals surface area contributed by atoms with Gasteiger partial charge in [0.15, 0.2) is 0 Å². The lowest BCUT2D eigenvalue weighted by Gasteiger charge is -2.06. The Morgan fingerprint density at radius 2 is 2.32 bits per heavy atom. The Hall–Kier alpha value is -2.28. The number of nitrogens with zero attached hydrogens (tertiary/aromatic N) is 3. The topological polar surface area (TPSA) is 73.0 Å². The minimum absolute atomic E-state index is 0.0759. The molecule has 1 aromatic heterocycles. The third-order valence-electron chi connectivity index (χ3n) is 2.63. The van der Waals surface area contributed by atoms with E-state index in [1.807, 2.05) is 12.3 Å². The molecule has 19 heavy (non-hydrogen) atoms. The van der Waals surface area contributed by atoms with Gasteiger partial charge < -0.3 is 5.32 Å². The summed E-state index contributed by atoms with van der Waals surface area (Å²) in [5.41, 5.74) is 0.262. The highest BCUT2D eigenvalue weighted by atomic mass is 19.1. The van der Waals surface area contributed by atoms with Crippen LogP contribution in [0.4, 0.5) is 10.1 Å². The van der Waals surface area contributed by atoms with Crippen LogP contribution in [0.15, 0.2) is 36.7 Å². The highest BCUT2D eigenvalue weighted by Crippen LogP contribution is 2.19. The SMILES string of the molecule is O=[N+]([O-])c1ccc(F)cc1CNCCn1cccn1. The maximum Gasteiger partial charge on any atom is 0.274 e. The van der Waals surface area contributed by atoms with Gasteiger partial charge in [-0.1, -0.05) is 0 Å². The minimum Gasteiger partial charge on any atom is -0.311 e. The molecule has 0 amide bonds. The zero-order chi connectivity index (χ0) is 13.7. The predicted molar refractivity (Wildman–Crippen MR) is 67.0 cm³/mol. The van der Waals surface area contributed by atoms with Crippen molar-refractivity contribution >= 4 is 5.69 Å². The van der Waals surface area contributed by atoms with E-state index < -0.39 is 10.7 Å². The molecule has 1 heterocycles. The molecule has 0 aliphatic rings. The summed E-state index contributed by atoms with van der Waals surface area (Å²) in [5, 5.41) is 17.9. The molecule has 0 spiro atoms. The first-order chi connectivity index (χ1) is 9.16. The molecule has 0 bridgehead atoms. The second-order valence-electron chi connectivity index (χ2n) is 3.98. The molecule has 0 saturated carbocycles. The van der Waals surface area contributed by atoms with E-state index in [2.05, 4.69) is 10.4 Å². The lowest BCUT2D eigenvalue weighted by Crippen LogP contribution is -2.20. The number of hydrogen-bond donors (Lipinski definition) is 1. The summed E-state index contributed by atoms with van der Waals surface area (Å²) >= 11 is 0. The average molecular weight is 264 g/mol. The van der Waals surface area contributed by atoms with E-state index in [1.54, 1.807) is 10.9 Å². The summed E-state index contributed by atoms with van der Waals surface area (Å²) in [6.07, 6.45) is 3.50. The second-order valence-corrected chi connectivity index (χ2v) is 3.98. The Labute approximate surface area is 109 Å². The fourth-order valence-electron chi connectivity index (χ4n) is 1.72. The molecule has 0 fully saturated rings. The highest BCUT2D eigenvalue weighted by molar-refractivity contribution is 5.40. The molecule has 0 aliphatic carbocycles. The van der Waals surface area contributed by atoms with Crippen LogP contribution in [0.2, 0.25) is 0 Å². The molecule has 0 radical (unpaired) electrons. The molecule has 0 unspecified atom stereocenters. The van der Waals surface area contributed by atoms with Crippen LogP contribution in [0.5, 0.6) is 0 Å². The third-order valence-corrected chi connectivity index (χ3v) is 2.63. The number of benzene rings is 1. The van der Waals surface area contributed by atoms with Crippen molar-refractivity contribution in [3.05, 3.63) is 58.2 Å². The van der Waals surface area contributed by atoms with Crippen LogP contribution >= 0.6 is 0 Å². The number of hydrogen-bond acceptors (Lipinski definition) is 4. The lowest BCUT2D eigenvalue weighted by molar-refractivity contribution is -0.385. The number of aromatic nitrogens is 2. The summed E-state index contributed by atoms with van der Waals surface area (Å²) in [7, 11) is 0. The Bertz CT molecular complexity index is 557. The second kappa shape index (κ2) is 6.05. The van der Waals surface area contributed by atoms with Crippen LogP contribution in [-0.4, -0.2) is 21.2 Å². The Kier molecular flexibility index (Phi) is 4.19. The fourth-order valence-corrected chi connectivity index (χ4v) is 1.72. The van der Waals surface area contributed by atoms with Crippen molar-refractivity contribution in [3.63, 3.8) is 0 Å². The van der Waals surface area contributed by atoms with E-state index >= 15 is 0 Å². The van der Waals surface area contributed by atoms with Gasteiger partial charge in [0.1, 0.15) is 5.82 Å². The largest absolute Gasteiger partial charge is 0.311 e. The first kappa shape index (κ1) is 13.2. The van der Waals surface area contributed by atoms with Gasteiger partial charge in [-0.2, -0.15) is 5.10 Å². The van der Waals surface area contributed by atoms with Gasteiger partial charge in [0.25, 0.3) is 5.69 Å². The molecule has 2 rings (SSSR count). The van der Waals surface area contributed by atoms with Crippen molar-refractivity contribution in [2.75, 3.05) is 6.54 Å². The monoisotopic (exact) mass is 264 g/mol. The maximum atomic E-state index is 13.1. The standard InChI is InChI=1S/C12H13FN4O2/c13-11-2-3-12(17(18)19)10(8-11)9-14-5-7-16-6-1-4-15-16/h1-4,6,8,14H,5,7,9H2. The molecule has 0 atom stereocenters. The summed E-state index contributed by atoms with van der Waals surface area (Å²) in [6, 6.07) is 5.27. The minimum atomic E-state index is -0.510. The van der Waals surface area contributed by atoms with Gasteiger partial charge in [0, 0.05) is 37.1 Å². The quantitative estimate of drug-likeness (QED) is 0.490. The summed E-state index contributed by atoms with van der Waals surface area (Å²) in [6.45, 7) is 1.49. The molecule has 2 aromatic rings. The van der Waals surface area contributed by atoms with Crippen molar-refractivity contribution in [2.24, 2.45) is 0 Å². The first-order valence-corrected chi connectivity index (χ1v) is 5.78. The van der Waals surface area contributed by atoms with E-state index in [0.29, 0.717) is 18.7 Å². The molecule has 0 saturated heterocycles. The number of nitrogens with one attached hydrogen (secondary N) is 1. The molecule has 100 valence electrons. The van der Waals surface area contributed by atoms with Gasteiger partial charge in [-0.15, -0.1) is 0 Å². The number of rotatable bonds is 6. The summed E-state index contributed by atoms with van der Waals surface area (Å²) < 4.78 is 14.8. The van der Waals surface area contributed by atoms with Gasteiger partial charge in [-0.3, -0.25) is 14.8 Å². The van der Waals surface area contributed by atoms with Gasteiger partial charge >= 0.3 is 0 Å². The van der Waals surface area contributed by atoms with Gasteiger partial charge in [-0.05, 0) is 18.2 Å². The van der Waals surface area contributed by atoms with E-state index in [-0.39, 0.29) is 12.2 Å². The molecule has 6 nitrogen and oxygen atoms in total. The zero-order valence-electron chi connectivity index (χ0n) is 10.1. The van der Waals surface area contributed by atoms with E-state index in [4.69, 9.17) is 0 Å². The van der Waals surface area contributed by atoms with E-state index in [1.165, 1.54) is 12.1 Å². The summed E-state index contributed by atoms with van der Waals surface area (Å²) in [5.74, 6) is -0.477.